The summed E-state index contributed by atoms with van der Waals surface area (Å²) in [6.45, 7) is 7.86. The van der Waals surface area contributed by atoms with Crippen LogP contribution >= 0.6 is 0 Å². The molecule has 1 aliphatic carbocycles. The molecule has 1 saturated carbocycles. The van der Waals surface area contributed by atoms with Crippen molar-refractivity contribution in [1.82, 2.24) is 34.5 Å². The zero-order valence-electron chi connectivity index (χ0n) is 30.1. The quantitative estimate of drug-likeness (QED) is 0.162. The number of nitrogens with two attached hydrogens (primary N) is 1. The van der Waals surface area contributed by atoms with Gasteiger partial charge in [0.25, 0.3) is 23.9 Å². The van der Waals surface area contributed by atoms with Crippen LogP contribution in [0.15, 0.2) is 53.2 Å². The molecule has 6 N–H and O–H groups in total. The van der Waals surface area contributed by atoms with E-state index in [2.05, 4.69) is 47.9 Å². The first-order chi connectivity index (χ1) is 25.2. The first kappa shape index (κ1) is 39.7. The zero-order chi connectivity index (χ0) is 38.7. The van der Waals surface area contributed by atoms with Crippen molar-refractivity contribution in [2.24, 2.45) is 0 Å². The predicted octanol–water partition coefficient (Wildman–Crippen LogP) is 4.84. The lowest BCUT2D eigenvalue weighted by atomic mass is 9.90. The van der Waals surface area contributed by atoms with Crippen molar-refractivity contribution in [1.29, 1.82) is 5.26 Å². The lowest BCUT2D eigenvalue weighted by molar-refractivity contribution is -0.135. The molecule has 280 valence electrons. The molecule has 0 amide bonds. The van der Waals surface area contributed by atoms with E-state index >= 15 is 0 Å². The van der Waals surface area contributed by atoms with Gasteiger partial charge >= 0.3 is 0 Å². The number of piperazine rings is 1. The van der Waals surface area contributed by atoms with E-state index in [9.17, 15) is 0 Å². The highest BCUT2D eigenvalue weighted by atomic mass is 16.4. The third-order valence-corrected chi connectivity index (χ3v) is 8.51. The van der Waals surface area contributed by atoms with Gasteiger partial charge in [-0.2, -0.15) is 15.3 Å². The van der Waals surface area contributed by atoms with Gasteiger partial charge in [0.2, 0.25) is 0 Å². The predicted molar refractivity (Wildman–Crippen MR) is 197 cm³/mol. The topological polar surface area (TPSA) is 250 Å². The summed E-state index contributed by atoms with van der Waals surface area (Å²) >= 11 is 0. The van der Waals surface area contributed by atoms with E-state index in [4.69, 9.17) is 50.2 Å². The van der Waals surface area contributed by atoms with Crippen LogP contribution in [0.2, 0.25) is 0 Å². The van der Waals surface area contributed by atoms with Gasteiger partial charge in [-0.05, 0) is 63.1 Å². The number of nitriles is 1. The second-order valence-corrected chi connectivity index (χ2v) is 12.6. The van der Waals surface area contributed by atoms with Gasteiger partial charge in [0, 0.05) is 64.2 Å². The molecule has 5 aromatic rings. The number of carbonyl (C=O) groups is 3. The SMILES string of the molecule is CC(=O)O.CC(=O)O.CC(=O)O.CN1CCN([C@H]2CC[C@@H](n3nc(-c4ccc(Nc5nc6cc(C#N)ccc6o5)cc4)c4c(N)ncnc43)CC2)CC1. The molecule has 0 radical (unpaired) electrons. The van der Waals surface area contributed by atoms with E-state index in [1.807, 2.05) is 24.3 Å². The Balaban J connectivity index is 0.000000459. The second-order valence-electron chi connectivity index (χ2n) is 12.6. The van der Waals surface area contributed by atoms with Crippen molar-refractivity contribution in [3.63, 3.8) is 0 Å². The van der Waals surface area contributed by atoms with Crippen LogP contribution in [-0.2, 0) is 14.4 Å². The number of rotatable bonds is 5. The Morgan fingerprint density at radius 1 is 0.887 bits per heavy atom. The zero-order valence-corrected chi connectivity index (χ0v) is 30.1. The molecule has 7 rings (SSSR count). The summed E-state index contributed by atoms with van der Waals surface area (Å²) in [4.78, 5) is 45.5. The van der Waals surface area contributed by atoms with Crippen LogP contribution in [0, 0.1) is 11.3 Å². The minimum Gasteiger partial charge on any atom is -0.481 e. The number of aliphatic carboxylic acids is 3. The smallest absolute Gasteiger partial charge is 0.300 e. The van der Waals surface area contributed by atoms with Gasteiger partial charge in [0.05, 0.1) is 23.1 Å². The Labute approximate surface area is 305 Å². The molecule has 53 heavy (non-hydrogen) atoms. The molecule has 2 aromatic carbocycles. The number of nitrogens with zero attached hydrogens (tertiary/aromatic N) is 8. The van der Waals surface area contributed by atoms with Gasteiger partial charge in [-0.3, -0.25) is 19.3 Å². The van der Waals surface area contributed by atoms with Crippen molar-refractivity contribution >= 4 is 57.6 Å². The summed E-state index contributed by atoms with van der Waals surface area (Å²) in [5, 5.41) is 40.5. The average Bonchev–Trinajstić information content (AvgIpc) is 3.70. The molecule has 0 atom stereocenters. The number of fused-ring (bicyclic) bond motifs is 2. The number of nitrogen functional groups attached to an aromatic ring is 1. The van der Waals surface area contributed by atoms with Gasteiger partial charge in [0.1, 0.15) is 23.4 Å². The third-order valence-electron chi connectivity index (χ3n) is 8.51. The highest BCUT2D eigenvalue weighted by Gasteiger charge is 2.30. The van der Waals surface area contributed by atoms with Crippen molar-refractivity contribution in [2.75, 3.05) is 44.3 Å². The number of hydrogen-bond acceptors (Lipinski definition) is 13. The first-order valence-corrected chi connectivity index (χ1v) is 16.9. The van der Waals surface area contributed by atoms with Gasteiger partial charge in [-0.15, -0.1) is 0 Å². The number of oxazole rings is 1. The Kier molecular flexibility index (Phi) is 13.8. The van der Waals surface area contributed by atoms with Gasteiger partial charge in [0.15, 0.2) is 11.2 Å². The summed E-state index contributed by atoms with van der Waals surface area (Å²) in [6.07, 6.45) is 6.00. The minimum atomic E-state index is -0.833. The fourth-order valence-corrected chi connectivity index (χ4v) is 6.19. The Morgan fingerprint density at radius 3 is 2.06 bits per heavy atom. The highest BCUT2D eigenvalue weighted by Crippen LogP contribution is 2.37. The highest BCUT2D eigenvalue weighted by molar-refractivity contribution is 5.98. The van der Waals surface area contributed by atoms with E-state index in [1.165, 1.54) is 19.2 Å². The molecule has 2 fully saturated rings. The summed E-state index contributed by atoms with van der Waals surface area (Å²) < 4.78 is 7.88. The lowest BCUT2D eigenvalue weighted by Gasteiger charge is -2.41. The van der Waals surface area contributed by atoms with Crippen molar-refractivity contribution in [3.8, 4) is 17.3 Å². The molecule has 2 aliphatic rings. The third kappa shape index (κ3) is 11.2. The van der Waals surface area contributed by atoms with Crippen LogP contribution in [-0.4, -0.2) is 107 Å². The maximum atomic E-state index is 9.14. The van der Waals surface area contributed by atoms with Crippen LogP contribution in [0.25, 0.3) is 33.4 Å². The fraction of sp³-hybridized carbons (Fsp3) is 0.389. The maximum absolute atomic E-state index is 9.14. The average molecular weight is 729 g/mol. The van der Waals surface area contributed by atoms with E-state index < -0.39 is 17.9 Å². The molecular weight excluding hydrogens is 684 g/mol. The van der Waals surface area contributed by atoms with Crippen molar-refractivity contribution in [2.45, 2.75) is 58.5 Å². The number of benzene rings is 2. The monoisotopic (exact) mass is 728 g/mol. The summed E-state index contributed by atoms with van der Waals surface area (Å²) in [5.74, 6) is -2.06. The molecule has 4 heterocycles. The van der Waals surface area contributed by atoms with Crippen LogP contribution in [0.5, 0.6) is 0 Å². The Morgan fingerprint density at radius 2 is 1.47 bits per heavy atom. The molecule has 0 spiro atoms. The number of aromatic nitrogens is 5. The number of anilines is 3. The van der Waals surface area contributed by atoms with Crippen molar-refractivity contribution in [3.05, 3.63) is 54.4 Å². The Hall–Kier alpha value is -6.12. The van der Waals surface area contributed by atoms with Gasteiger partial charge < -0.3 is 35.7 Å². The molecule has 3 aromatic heterocycles. The van der Waals surface area contributed by atoms with Crippen LogP contribution in [0.4, 0.5) is 17.5 Å². The second kappa shape index (κ2) is 18.4. The standard InChI is InChI=1S/C30H32N10O.3C2H4O2/c1-38-12-14-39(15-13-38)22-7-9-23(10-8-22)40-29-26(28(32)33-18-34-29)27(37-40)20-3-5-21(6-4-20)35-30-36-24-16-19(17-31)2-11-25(24)41-30;3*1-2(3)4/h2-6,11,16,18,22-23H,7-10,12-15H2,1H3,(H,35,36)(H2,32,33,34);3*1H3,(H,3,4)/t22-,23+;;;. The van der Waals surface area contributed by atoms with E-state index in [-0.39, 0.29) is 6.04 Å². The van der Waals surface area contributed by atoms with Gasteiger partial charge in [-0.1, -0.05) is 12.1 Å². The van der Waals surface area contributed by atoms with E-state index in [0.717, 1.165) is 87.8 Å². The number of nitrogens with one attached hydrogen (secondary N) is 1. The van der Waals surface area contributed by atoms with Crippen LogP contribution < -0.4 is 11.1 Å². The largest absolute Gasteiger partial charge is 0.481 e. The van der Waals surface area contributed by atoms with Gasteiger partial charge in [-0.25, -0.2) is 14.6 Å². The number of carboxylic acid groups (broad SMARTS) is 3. The number of carboxylic acids is 3. The van der Waals surface area contributed by atoms with Crippen molar-refractivity contribution < 1.29 is 34.1 Å². The number of hydrogen-bond donors (Lipinski definition) is 5. The maximum Gasteiger partial charge on any atom is 0.300 e. The summed E-state index contributed by atoms with van der Waals surface area (Å²) in [6, 6.07) is 16.5. The molecule has 0 bridgehead atoms. The minimum absolute atomic E-state index is 0.283. The summed E-state index contributed by atoms with van der Waals surface area (Å²) in [7, 11) is 2.21. The van der Waals surface area contributed by atoms with Crippen LogP contribution in [0.1, 0.15) is 58.1 Å². The molecular formula is C36H44N10O7. The Bertz CT molecular complexity index is 2020. The first-order valence-electron chi connectivity index (χ1n) is 16.9. The molecule has 0 unspecified atom stereocenters. The van der Waals surface area contributed by atoms with E-state index in [1.54, 1.807) is 18.2 Å². The lowest BCUT2D eigenvalue weighted by Crippen LogP contribution is -2.49. The fourth-order valence-electron chi connectivity index (χ4n) is 6.19. The number of likely N-dealkylation sites (N-methyl/N-ethyl adjacent to an activating group) is 1. The molecule has 17 nitrogen and oxygen atoms in total. The normalized spacial score (nSPS) is 17.2. The van der Waals surface area contributed by atoms with E-state index in [0.29, 0.717) is 34.5 Å². The van der Waals surface area contributed by atoms with Crippen LogP contribution in [0.3, 0.4) is 0 Å². The summed E-state index contributed by atoms with van der Waals surface area (Å²) in [5.41, 5.74) is 11.5. The molecule has 17 heteroatoms. The molecule has 1 aliphatic heterocycles. The molecule has 1 saturated heterocycles.